The summed E-state index contributed by atoms with van der Waals surface area (Å²) in [5, 5.41) is 9.79. The number of aliphatic imine (C=N–C) groups is 1. The summed E-state index contributed by atoms with van der Waals surface area (Å²) in [5.74, 6) is 0.260. The molecule has 3 nitrogen and oxygen atoms in total. The molecule has 0 spiro atoms. The number of hydrogen-bond donors (Lipinski definition) is 1. The van der Waals surface area contributed by atoms with E-state index in [1.54, 1.807) is 0 Å². The normalized spacial score (nSPS) is 19.8. The molecule has 2 unspecified atom stereocenters. The number of nitrogens with zero attached hydrogens (tertiary/aromatic N) is 1. The molecule has 0 rings (SSSR count). The zero-order chi connectivity index (χ0) is 10.4. The van der Waals surface area contributed by atoms with Crippen molar-refractivity contribution in [2.75, 3.05) is 0 Å². The van der Waals surface area contributed by atoms with Crippen LogP contribution in [0.3, 0.4) is 0 Å². The Balaban J connectivity index is 4.23. The summed E-state index contributed by atoms with van der Waals surface area (Å²) in [6, 6.07) is -0.151. The maximum atomic E-state index is 10.0. The standard InChI is InChI=1S/C10H19NO2/c1-5-7(2)10(13)8(3)9(4)11-6-12/h7-10,13H,5H2,1-4H3/t7-,8?,9?,10+/m0/s1. The average molecular weight is 185 g/mol. The zero-order valence-corrected chi connectivity index (χ0v) is 8.82. The first-order valence-electron chi connectivity index (χ1n) is 4.79. The number of carbonyl (C=O) groups excluding carboxylic acids is 1. The fraction of sp³-hybridized carbons (Fsp3) is 0.900. The maximum Gasteiger partial charge on any atom is 0.235 e. The molecular formula is C10H19NO2. The van der Waals surface area contributed by atoms with Gasteiger partial charge < -0.3 is 5.11 Å². The fourth-order valence-electron chi connectivity index (χ4n) is 1.25. The quantitative estimate of drug-likeness (QED) is 0.524. The van der Waals surface area contributed by atoms with Crippen molar-refractivity contribution in [3.63, 3.8) is 0 Å². The molecule has 3 heteroatoms. The van der Waals surface area contributed by atoms with E-state index in [0.29, 0.717) is 0 Å². The Morgan fingerprint density at radius 2 is 1.92 bits per heavy atom. The van der Waals surface area contributed by atoms with Gasteiger partial charge in [-0.3, -0.25) is 0 Å². The summed E-state index contributed by atoms with van der Waals surface area (Å²) in [4.78, 5) is 13.6. The third-order valence-electron chi connectivity index (χ3n) is 2.78. The van der Waals surface area contributed by atoms with Crippen LogP contribution >= 0.6 is 0 Å². The van der Waals surface area contributed by atoms with E-state index in [9.17, 15) is 9.90 Å². The van der Waals surface area contributed by atoms with Gasteiger partial charge in [-0.05, 0) is 12.8 Å². The van der Waals surface area contributed by atoms with Crippen LogP contribution in [0, 0.1) is 11.8 Å². The molecule has 0 aromatic carbocycles. The van der Waals surface area contributed by atoms with Crippen molar-refractivity contribution in [2.45, 2.75) is 46.3 Å². The molecule has 0 aliphatic rings. The van der Waals surface area contributed by atoms with Crippen molar-refractivity contribution < 1.29 is 9.90 Å². The molecule has 0 heterocycles. The minimum absolute atomic E-state index is 0.0106. The van der Waals surface area contributed by atoms with Crippen molar-refractivity contribution in [2.24, 2.45) is 16.8 Å². The molecule has 0 aliphatic heterocycles. The van der Waals surface area contributed by atoms with Crippen molar-refractivity contribution in [1.29, 1.82) is 0 Å². The maximum absolute atomic E-state index is 10.0. The Morgan fingerprint density at radius 1 is 1.38 bits per heavy atom. The molecule has 0 fully saturated rings. The lowest BCUT2D eigenvalue weighted by Gasteiger charge is -2.25. The van der Waals surface area contributed by atoms with Crippen LogP contribution in [0.5, 0.6) is 0 Å². The number of rotatable bonds is 5. The van der Waals surface area contributed by atoms with Crippen LogP contribution in [0.4, 0.5) is 0 Å². The Bertz CT molecular complexity index is 187. The molecule has 0 saturated heterocycles. The van der Waals surface area contributed by atoms with Crippen LogP contribution in [-0.2, 0) is 4.79 Å². The summed E-state index contributed by atoms with van der Waals surface area (Å²) in [5.41, 5.74) is 0. The Hall–Kier alpha value is -0.660. The molecule has 0 aromatic heterocycles. The van der Waals surface area contributed by atoms with E-state index in [1.807, 2.05) is 27.7 Å². The number of isocyanates is 1. The highest BCUT2D eigenvalue weighted by molar-refractivity contribution is 5.33. The van der Waals surface area contributed by atoms with Crippen molar-refractivity contribution in [3.8, 4) is 0 Å². The first-order chi connectivity index (χ1) is 6.04. The average Bonchev–Trinajstić information content (AvgIpc) is 2.14. The highest BCUT2D eigenvalue weighted by atomic mass is 16.3. The minimum atomic E-state index is -0.392. The smallest absolute Gasteiger partial charge is 0.235 e. The van der Waals surface area contributed by atoms with Crippen LogP contribution in [0.25, 0.3) is 0 Å². The predicted molar refractivity (Wildman–Crippen MR) is 52.2 cm³/mol. The molecule has 0 saturated carbocycles. The SMILES string of the molecule is CC[C@H](C)[C@@H](O)C(C)C(C)N=C=O. The second-order valence-corrected chi connectivity index (χ2v) is 3.70. The second-order valence-electron chi connectivity index (χ2n) is 3.70. The zero-order valence-electron chi connectivity index (χ0n) is 8.82. The van der Waals surface area contributed by atoms with E-state index >= 15 is 0 Å². The van der Waals surface area contributed by atoms with Crippen LogP contribution in [0.2, 0.25) is 0 Å². The van der Waals surface area contributed by atoms with Crippen LogP contribution in [0.1, 0.15) is 34.1 Å². The molecule has 0 amide bonds. The monoisotopic (exact) mass is 185 g/mol. The third-order valence-corrected chi connectivity index (χ3v) is 2.78. The molecule has 0 aliphatic carbocycles. The van der Waals surface area contributed by atoms with E-state index < -0.39 is 6.10 Å². The molecule has 13 heavy (non-hydrogen) atoms. The lowest BCUT2D eigenvalue weighted by molar-refractivity contribution is 0.0549. The second kappa shape index (κ2) is 5.90. The predicted octanol–water partition coefficient (Wildman–Crippen LogP) is 1.75. The van der Waals surface area contributed by atoms with Gasteiger partial charge in [0, 0.05) is 5.92 Å². The highest BCUT2D eigenvalue weighted by Crippen LogP contribution is 2.20. The first kappa shape index (κ1) is 12.3. The van der Waals surface area contributed by atoms with E-state index in [-0.39, 0.29) is 17.9 Å². The summed E-state index contributed by atoms with van der Waals surface area (Å²) < 4.78 is 0. The molecule has 0 radical (unpaired) electrons. The summed E-state index contributed by atoms with van der Waals surface area (Å²) in [7, 11) is 0. The Morgan fingerprint density at radius 3 is 2.31 bits per heavy atom. The van der Waals surface area contributed by atoms with Crippen LogP contribution in [0.15, 0.2) is 4.99 Å². The largest absolute Gasteiger partial charge is 0.392 e. The lowest BCUT2D eigenvalue weighted by atomic mass is 9.87. The first-order valence-corrected chi connectivity index (χ1v) is 4.79. The summed E-state index contributed by atoms with van der Waals surface area (Å²) >= 11 is 0. The molecule has 1 N–H and O–H groups in total. The van der Waals surface area contributed by atoms with Crippen molar-refractivity contribution in [1.82, 2.24) is 0 Å². The topological polar surface area (TPSA) is 49.7 Å². The number of aliphatic hydroxyl groups is 1. The number of hydrogen-bond acceptors (Lipinski definition) is 3. The molecule has 0 aromatic rings. The van der Waals surface area contributed by atoms with E-state index in [0.717, 1.165) is 6.42 Å². The Kier molecular flexibility index (Phi) is 5.60. The van der Waals surface area contributed by atoms with E-state index in [1.165, 1.54) is 6.08 Å². The van der Waals surface area contributed by atoms with Gasteiger partial charge in [0.25, 0.3) is 0 Å². The molecular weight excluding hydrogens is 166 g/mol. The van der Waals surface area contributed by atoms with Gasteiger partial charge >= 0.3 is 0 Å². The van der Waals surface area contributed by atoms with Gasteiger partial charge in [-0.1, -0.05) is 27.2 Å². The van der Waals surface area contributed by atoms with Gasteiger partial charge in [0.1, 0.15) is 0 Å². The fourth-order valence-corrected chi connectivity index (χ4v) is 1.25. The molecule has 0 bridgehead atoms. The summed E-state index contributed by atoms with van der Waals surface area (Å²) in [6.45, 7) is 7.76. The van der Waals surface area contributed by atoms with Gasteiger partial charge in [0.2, 0.25) is 6.08 Å². The van der Waals surface area contributed by atoms with Gasteiger partial charge in [0.05, 0.1) is 12.1 Å². The molecule has 76 valence electrons. The summed E-state index contributed by atoms with van der Waals surface area (Å²) in [6.07, 6.45) is 2.07. The van der Waals surface area contributed by atoms with Gasteiger partial charge in [-0.25, -0.2) is 9.79 Å². The lowest BCUT2D eigenvalue weighted by Crippen LogP contribution is -2.31. The van der Waals surface area contributed by atoms with E-state index in [4.69, 9.17) is 0 Å². The van der Waals surface area contributed by atoms with E-state index in [2.05, 4.69) is 4.99 Å². The number of aliphatic hydroxyl groups excluding tert-OH is 1. The Labute approximate surface area is 79.9 Å². The van der Waals surface area contributed by atoms with Gasteiger partial charge in [0.15, 0.2) is 0 Å². The van der Waals surface area contributed by atoms with Crippen LogP contribution in [-0.4, -0.2) is 23.3 Å². The van der Waals surface area contributed by atoms with Crippen molar-refractivity contribution in [3.05, 3.63) is 0 Å². The van der Waals surface area contributed by atoms with Gasteiger partial charge in [-0.15, -0.1) is 0 Å². The third kappa shape index (κ3) is 3.71. The minimum Gasteiger partial charge on any atom is -0.392 e. The van der Waals surface area contributed by atoms with Crippen molar-refractivity contribution >= 4 is 6.08 Å². The highest BCUT2D eigenvalue weighted by Gasteiger charge is 2.24. The molecule has 4 atom stereocenters. The van der Waals surface area contributed by atoms with Crippen LogP contribution < -0.4 is 0 Å². The van der Waals surface area contributed by atoms with Gasteiger partial charge in [-0.2, -0.15) is 0 Å².